The Labute approximate surface area is 167 Å². The zero-order valence-electron chi connectivity index (χ0n) is 16.0. The second-order valence-corrected chi connectivity index (χ2v) is 7.68. The average Bonchev–Trinajstić information content (AvgIpc) is 3.36. The Kier molecular flexibility index (Phi) is 4.10. The van der Waals surface area contributed by atoms with Crippen molar-refractivity contribution in [2.45, 2.75) is 30.7 Å². The number of benzene rings is 2. The number of ether oxygens (including phenoxy) is 2. The van der Waals surface area contributed by atoms with Gasteiger partial charge in [0.2, 0.25) is 5.91 Å². The predicted octanol–water partition coefficient (Wildman–Crippen LogP) is 2.75. The Hall–Kier alpha value is -2.93. The third-order valence-electron chi connectivity index (χ3n) is 6.25. The molecule has 7 heteroatoms. The average molecular weight is 396 g/mol. The number of hydrogen-bond donors (Lipinski definition) is 0. The van der Waals surface area contributed by atoms with Crippen molar-refractivity contribution in [2.24, 2.45) is 0 Å². The van der Waals surface area contributed by atoms with Gasteiger partial charge in [-0.05, 0) is 17.7 Å². The van der Waals surface area contributed by atoms with Crippen molar-refractivity contribution in [1.29, 1.82) is 0 Å². The van der Waals surface area contributed by atoms with Crippen LogP contribution < -0.4 is 4.74 Å². The first-order valence-electron chi connectivity index (χ1n) is 9.71. The molecule has 2 aromatic carbocycles. The van der Waals surface area contributed by atoms with Crippen LogP contribution in [-0.2, 0) is 9.53 Å². The summed E-state index contributed by atoms with van der Waals surface area (Å²) in [5.74, 6) is -0.558. The van der Waals surface area contributed by atoms with Gasteiger partial charge in [0.25, 0.3) is 5.91 Å². The molecule has 0 N–H and O–H groups in total. The van der Waals surface area contributed by atoms with Crippen LogP contribution in [0.1, 0.15) is 34.9 Å². The second-order valence-electron chi connectivity index (χ2n) is 7.68. The minimum Gasteiger partial charge on any atom is -0.496 e. The molecule has 3 saturated heterocycles. The number of hydrogen-bond acceptors (Lipinski definition) is 4. The van der Waals surface area contributed by atoms with Gasteiger partial charge < -0.3 is 19.3 Å². The number of halogens is 1. The number of likely N-dealkylation sites (tertiary alicyclic amines) is 1. The summed E-state index contributed by atoms with van der Waals surface area (Å²) in [6.07, 6.45) is 0.581. The van der Waals surface area contributed by atoms with Gasteiger partial charge in [0, 0.05) is 19.0 Å². The van der Waals surface area contributed by atoms with E-state index in [9.17, 15) is 14.0 Å². The molecule has 0 aromatic heterocycles. The molecule has 0 aliphatic carbocycles. The van der Waals surface area contributed by atoms with Crippen molar-refractivity contribution in [1.82, 2.24) is 9.80 Å². The zero-order valence-corrected chi connectivity index (χ0v) is 16.0. The molecule has 3 fully saturated rings. The summed E-state index contributed by atoms with van der Waals surface area (Å²) < 4.78 is 25.2. The molecular formula is C22H21FN2O4. The lowest BCUT2D eigenvalue weighted by Gasteiger charge is -2.32. The molecule has 0 bridgehead atoms. The molecule has 5 rings (SSSR count). The van der Waals surface area contributed by atoms with E-state index in [4.69, 9.17) is 9.47 Å². The smallest absolute Gasteiger partial charge is 0.258 e. The van der Waals surface area contributed by atoms with Gasteiger partial charge in [-0.25, -0.2) is 4.39 Å². The van der Waals surface area contributed by atoms with E-state index in [-0.39, 0.29) is 41.7 Å². The van der Waals surface area contributed by atoms with Crippen molar-refractivity contribution in [2.75, 3.05) is 20.2 Å². The SMILES string of the molecule is COc1cc(F)ccc1C(=O)N1CC[C@@]23O[C@H](c4ccccc4)CN2C(=O)C[C@@H]13. The molecule has 6 nitrogen and oxygen atoms in total. The summed E-state index contributed by atoms with van der Waals surface area (Å²) in [5.41, 5.74) is 0.516. The van der Waals surface area contributed by atoms with E-state index in [1.54, 1.807) is 9.80 Å². The van der Waals surface area contributed by atoms with Crippen LogP contribution in [0.3, 0.4) is 0 Å². The quantitative estimate of drug-likeness (QED) is 0.801. The lowest BCUT2D eigenvalue weighted by atomic mass is 10.1. The minimum atomic E-state index is -0.791. The van der Waals surface area contributed by atoms with Crippen LogP contribution in [0, 0.1) is 5.82 Å². The van der Waals surface area contributed by atoms with Gasteiger partial charge in [-0.3, -0.25) is 9.59 Å². The van der Waals surface area contributed by atoms with Gasteiger partial charge in [-0.15, -0.1) is 0 Å². The molecule has 2 amide bonds. The highest BCUT2D eigenvalue weighted by Gasteiger charge is 2.65. The number of carbonyl (C=O) groups is 2. The number of nitrogens with zero attached hydrogens (tertiary/aromatic N) is 2. The Morgan fingerprint density at radius 2 is 2.03 bits per heavy atom. The fourth-order valence-corrected chi connectivity index (χ4v) is 4.91. The molecule has 0 unspecified atom stereocenters. The van der Waals surface area contributed by atoms with Crippen LogP contribution in [0.4, 0.5) is 4.39 Å². The Balaban J connectivity index is 1.45. The summed E-state index contributed by atoms with van der Waals surface area (Å²) in [4.78, 5) is 29.5. The zero-order chi connectivity index (χ0) is 20.2. The monoisotopic (exact) mass is 396 g/mol. The number of rotatable bonds is 3. The van der Waals surface area contributed by atoms with E-state index >= 15 is 0 Å². The summed E-state index contributed by atoms with van der Waals surface area (Å²) in [6, 6.07) is 13.3. The first kappa shape index (κ1) is 18.1. The van der Waals surface area contributed by atoms with Crippen LogP contribution in [0.25, 0.3) is 0 Å². The highest BCUT2D eigenvalue weighted by Crippen LogP contribution is 2.51. The largest absolute Gasteiger partial charge is 0.496 e. The van der Waals surface area contributed by atoms with Crippen LogP contribution >= 0.6 is 0 Å². The Bertz CT molecular complexity index is 982. The van der Waals surface area contributed by atoms with Crippen molar-refractivity contribution in [3.63, 3.8) is 0 Å². The van der Waals surface area contributed by atoms with Gasteiger partial charge in [-0.1, -0.05) is 30.3 Å². The van der Waals surface area contributed by atoms with E-state index in [0.717, 1.165) is 5.56 Å². The van der Waals surface area contributed by atoms with E-state index in [1.807, 2.05) is 30.3 Å². The minimum absolute atomic E-state index is 0.00278. The molecular weight excluding hydrogens is 375 g/mol. The molecule has 2 aromatic rings. The third kappa shape index (κ3) is 2.64. The fraction of sp³-hybridized carbons (Fsp3) is 0.364. The van der Waals surface area contributed by atoms with E-state index in [0.29, 0.717) is 19.5 Å². The molecule has 150 valence electrons. The normalized spacial score (nSPS) is 27.9. The second kappa shape index (κ2) is 6.56. The van der Waals surface area contributed by atoms with E-state index in [2.05, 4.69) is 0 Å². The topological polar surface area (TPSA) is 59.1 Å². The molecule has 1 spiro atoms. The summed E-state index contributed by atoms with van der Waals surface area (Å²) in [6.45, 7) is 0.955. The molecule has 29 heavy (non-hydrogen) atoms. The van der Waals surface area contributed by atoms with Crippen molar-refractivity contribution in [3.8, 4) is 5.75 Å². The maximum absolute atomic E-state index is 13.5. The Morgan fingerprint density at radius 1 is 1.24 bits per heavy atom. The van der Waals surface area contributed by atoms with Gasteiger partial charge >= 0.3 is 0 Å². The lowest BCUT2D eigenvalue weighted by molar-refractivity contribution is -0.138. The van der Waals surface area contributed by atoms with Crippen LogP contribution in [0.5, 0.6) is 5.75 Å². The number of methoxy groups -OCH3 is 1. The molecule has 0 radical (unpaired) electrons. The van der Waals surface area contributed by atoms with Crippen LogP contribution in [0.2, 0.25) is 0 Å². The first-order chi connectivity index (χ1) is 14.0. The van der Waals surface area contributed by atoms with Gasteiger partial charge in [0.05, 0.1) is 31.7 Å². The van der Waals surface area contributed by atoms with Crippen molar-refractivity contribution >= 4 is 11.8 Å². The first-order valence-corrected chi connectivity index (χ1v) is 9.71. The number of carbonyl (C=O) groups excluding carboxylic acids is 2. The molecule has 3 heterocycles. The number of amides is 2. The van der Waals surface area contributed by atoms with E-state index < -0.39 is 11.5 Å². The van der Waals surface area contributed by atoms with Gasteiger partial charge in [-0.2, -0.15) is 0 Å². The van der Waals surface area contributed by atoms with Gasteiger partial charge in [0.15, 0.2) is 5.72 Å². The summed E-state index contributed by atoms with van der Waals surface area (Å²) in [5, 5.41) is 0. The van der Waals surface area contributed by atoms with Crippen LogP contribution in [0.15, 0.2) is 48.5 Å². The lowest BCUT2D eigenvalue weighted by Crippen LogP contribution is -2.48. The van der Waals surface area contributed by atoms with Crippen molar-refractivity contribution < 1.29 is 23.5 Å². The van der Waals surface area contributed by atoms with Crippen LogP contribution in [-0.4, -0.2) is 53.6 Å². The summed E-state index contributed by atoms with van der Waals surface area (Å²) in [7, 11) is 1.41. The van der Waals surface area contributed by atoms with Crippen molar-refractivity contribution in [3.05, 3.63) is 65.5 Å². The standard InChI is InChI=1S/C22H21FN2O4/c1-28-17-11-15(23)7-8-16(17)21(27)24-10-9-22-19(24)12-20(26)25(22)13-18(29-22)14-5-3-2-4-6-14/h2-8,11,18-19H,9-10,12-13H2,1H3/t18-,19+,22-/m0/s1. The fourth-order valence-electron chi connectivity index (χ4n) is 4.91. The highest BCUT2D eigenvalue weighted by molar-refractivity contribution is 5.98. The molecule has 3 aliphatic heterocycles. The maximum atomic E-state index is 13.5. The molecule has 3 aliphatic rings. The third-order valence-corrected chi connectivity index (χ3v) is 6.25. The predicted molar refractivity (Wildman–Crippen MR) is 102 cm³/mol. The molecule has 3 atom stereocenters. The maximum Gasteiger partial charge on any atom is 0.258 e. The Morgan fingerprint density at radius 3 is 2.79 bits per heavy atom. The molecule has 0 saturated carbocycles. The highest BCUT2D eigenvalue weighted by atomic mass is 19.1. The summed E-state index contributed by atoms with van der Waals surface area (Å²) >= 11 is 0. The van der Waals surface area contributed by atoms with Gasteiger partial charge in [0.1, 0.15) is 17.7 Å². The van der Waals surface area contributed by atoms with E-state index in [1.165, 1.54) is 25.3 Å².